The summed E-state index contributed by atoms with van der Waals surface area (Å²) < 4.78 is 9.93. The van der Waals surface area contributed by atoms with E-state index in [1.807, 2.05) is 0 Å². The molecule has 0 aromatic heterocycles. The predicted molar refractivity (Wildman–Crippen MR) is 75.4 cm³/mol. The van der Waals surface area contributed by atoms with Gasteiger partial charge in [-0.05, 0) is 20.8 Å². The molecule has 0 saturated heterocycles. The Morgan fingerprint density at radius 3 is 2.35 bits per heavy atom. The lowest BCUT2D eigenvalue weighted by molar-refractivity contribution is 0.0529. The number of carbonyl (C=O) groups is 1. The third kappa shape index (κ3) is 3.72. The second-order valence-electron chi connectivity index (χ2n) is 5.39. The van der Waals surface area contributed by atoms with Crippen LogP contribution in [0.5, 0.6) is 5.75 Å². The monoisotopic (exact) mass is 284 g/mol. The quantitative estimate of drug-likeness (QED) is 0.780. The Labute approximate surface area is 117 Å². The Morgan fingerprint density at radius 2 is 1.85 bits per heavy atom. The normalized spacial score (nSPS) is 11.2. The number of carbonyl (C=O) groups excluding carboxylic acids is 1. The minimum atomic E-state index is -0.616. The van der Waals surface area contributed by atoms with E-state index in [4.69, 9.17) is 9.47 Å². The Balaban J connectivity index is 2.47. The maximum Gasteiger partial charge on any atom is 0.407 e. The minimum absolute atomic E-state index is 0.0646. The van der Waals surface area contributed by atoms with Crippen molar-refractivity contribution in [3.05, 3.63) is 20.4 Å². The lowest BCUT2D eigenvalue weighted by Gasteiger charge is -2.23. The maximum absolute atomic E-state index is 11.4. The minimum Gasteiger partial charge on any atom is -0.491 e. The van der Waals surface area contributed by atoms with E-state index in [1.54, 1.807) is 32.7 Å². The van der Waals surface area contributed by atoms with Gasteiger partial charge in [0.15, 0.2) is 5.75 Å². The highest BCUT2D eigenvalue weighted by Crippen LogP contribution is 2.19. The summed E-state index contributed by atoms with van der Waals surface area (Å²) in [5, 5.41) is 2.57. The van der Waals surface area contributed by atoms with Gasteiger partial charge in [-0.15, -0.1) is 0 Å². The molecule has 0 spiro atoms. The molecule has 0 aliphatic heterocycles. The van der Waals surface area contributed by atoms with Gasteiger partial charge in [0.2, 0.25) is 0 Å². The van der Waals surface area contributed by atoms with Crippen LogP contribution in [0.25, 0.3) is 0 Å². The zero-order chi connectivity index (χ0) is 15.5. The number of rotatable bonds is 5. The largest absolute Gasteiger partial charge is 0.491 e. The highest BCUT2D eigenvalue weighted by atomic mass is 16.6. The molecule has 112 valence electrons. The van der Waals surface area contributed by atoms with Crippen LogP contribution in [0.1, 0.15) is 20.8 Å². The zero-order valence-corrected chi connectivity index (χ0v) is 12.4. The van der Waals surface area contributed by atoms with Crippen LogP contribution in [-0.4, -0.2) is 38.9 Å². The van der Waals surface area contributed by atoms with Crippen molar-refractivity contribution in [3.63, 3.8) is 0 Å². The molecule has 0 fully saturated rings. The van der Waals surface area contributed by atoms with Crippen LogP contribution in [0.15, 0.2) is 9.59 Å². The standard InChI is InChI=1S/C13H20N2O5/c1-13(2,3)20-12(18)14-6-7-15(4)8-9(16)10(17)11(8)19-5/h6-7H2,1-5H3,(H,14,18). The van der Waals surface area contributed by atoms with E-state index in [2.05, 4.69) is 5.32 Å². The molecule has 0 aliphatic carbocycles. The highest BCUT2D eigenvalue weighted by Gasteiger charge is 2.24. The second kappa shape index (κ2) is 5.94. The summed E-state index contributed by atoms with van der Waals surface area (Å²) in [6.07, 6.45) is -0.525. The molecule has 0 aliphatic rings. The topological polar surface area (TPSA) is 84.9 Å². The lowest BCUT2D eigenvalue weighted by atomic mass is 10.2. The molecule has 7 heteroatoms. The average molecular weight is 284 g/mol. The molecule has 1 aromatic rings. The van der Waals surface area contributed by atoms with E-state index in [9.17, 15) is 14.4 Å². The van der Waals surface area contributed by atoms with Gasteiger partial charge in [-0.1, -0.05) is 0 Å². The van der Waals surface area contributed by atoms with Gasteiger partial charge in [-0.2, -0.15) is 0 Å². The fourth-order valence-corrected chi connectivity index (χ4v) is 1.65. The fourth-order valence-electron chi connectivity index (χ4n) is 1.65. The first-order valence-electron chi connectivity index (χ1n) is 6.22. The predicted octanol–water partition coefficient (Wildman–Crippen LogP) is 0.252. The highest BCUT2D eigenvalue weighted by molar-refractivity contribution is 5.68. The molecule has 1 rings (SSSR count). The van der Waals surface area contributed by atoms with Crippen LogP contribution in [0.4, 0.5) is 10.5 Å². The Morgan fingerprint density at radius 1 is 1.25 bits per heavy atom. The molecule has 20 heavy (non-hydrogen) atoms. The van der Waals surface area contributed by atoms with E-state index >= 15 is 0 Å². The zero-order valence-electron chi connectivity index (χ0n) is 12.4. The average Bonchev–Trinajstić information content (AvgIpc) is 2.31. The van der Waals surface area contributed by atoms with Crippen LogP contribution in [-0.2, 0) is 4.74 Å². The lowest BCUT2D eigenvalue weighted by Crippen LogP contribution is -2.43. The summed E-state index contributed by atoms with van der Waals surface area (Å²) in [7, 11) is 2.99. The van der Waals surface area contributed by atoms with E-state index in [1.165, 1.54) is 7.11 Å². The van der Waals surface area contributed by atoms with Crippen molar-refractivity contribution in [2.45, 2.75) is 26.4 Å². The van der Waals surface area contributed by atoms with Crippen molar-refractivity contribution in [1.82, 2.24) is 5.32 Å². The van der Waals surface area contributed by atoms with Crippen molar-refractivity contribution in [2.24, 2.45) is 0 Å². The molecule has 1 amide bonds. The van der Waals surface area contributed by atoms with Crippen molar-refractivity contribution < 1.29 is 14.3 Å². The van der Waals surface area contributed by atoms with Crippen molar-refractivity contribution >= 4 is 11.8 Å². The first-order valence-corrected chi connectivity index (χ1v) is 6.22. The van der Waals surface area contributed by atoms with Gasteiger partial charge in [0.1, 0.15) is 11.3 Å². The summed E-state index contributed by atoms with van der Waals surface area (Å²) in [5.74, 6) is 0.0646. The molecule has 0 saturated carbocycles. The molecule has 0 heterocycles. The summed E-state index contributed by atoms with van der Waals surface area (Å²) in [6, 6.07) is 0. The molecular formula is C13H20N2O5. The van der Waals surface area contributed by atoms with Crippen molar-refractivity contribution in [3.8, 4) is 5.75 Å². The second-order valence-corrected chi connectivity index (χ2v) is 5.39. The third-order valence-electron chi connectivity index (χ3n) is 2.54. The summed E-state index contributed by atoms with van der Waals surface area (Å²) in [5.41, 5.74) is -1.50. The Bertz CT molecular complexity index is 552. The molecule has 0 unspecified atom stereocenters. The number of nitrogens with zero attached hydrogens (tertiary/aromatic N) is 1. The van der Waals surface area contributed by atoms with E-state index in [0.29, 0.717) is 6.54 Å². The molecule has 0 radical (unpaired) electrons. The Hall–Kier alpha value is -2.05. The van der Waals surface area contributed by atoms with E-state index in [-0.39, 0.29) is 18.0 Å². The van der Waals surface area contributed by atoms with Gasteiger partial charge in [0.05, 0.1) is 7.11 Å². The van der Waals surface area contributed by atoms with Gasteiger partial charge >= 0.3 is 6.09 Å². The van der Waals surface area contributed by atoms with Crippen LogP contribution < -0.4 is 25.8 Å². The van der Waals surface area contributed by atoms with Gasteiger partial charge in [0, 0.05) is 20.1 Å². The summed E-state index contributed by atoms with van der Waals surface area (Å²) in [4.78, 5) is 35.6. The molecule has 1 aromatic carbocycles. The van der Waals surface area contributed by atoms with Crippen molar-refractivity contribution in [1.29, 1.82) is 0 Å². The smallest absolute Gasteiger partial charge is 0.407 e. The van der Waals surface area contributed by atoms with Gasteiger partial charge in [-0.25, -0.2) is 4.79 Å². The maximum atomic E-state index is 11.4. The number of amides is 1. The van der Waals surface area contributed by atoms with Crippen molar-refractivity contribution in [2.75, 3.05) is 32.1 Å². The Kier molecular flexibility index (Phi) is 4.75. The number of nitrogens with one attached hydrogen (secondary N) is 1. The number of alkyl carbamates (subject to hydrolysis) is 1. The van der Waals surface area contributed by atoms with Gasteiger partial charge in [0.25, 0.3) is 10.9 Å². The molecular weight excluding hydrogens is 264 g/mol. The van der Waals surface area contributed by atoms with Crippen LogP contribution in [0.2, 0.25) is 0 Å². The fraction of sp³-hybridized carbons (Fsp3) is 0.615. The number of likely N-dealkylation sites (N-methyl/N-ethyl adjacent to an activating group) is 1. The number of ether oxygens (including phenoxy) is 2. The molecule has 0 bridgehead atoms. The van der Waals surface area contributed by atoms with Gasteiger partial charge < -0.3 is 19.7 Å². The number of anilines is 1. The number of methoxy groups -OCH3 is 1. The summed E-state index contributed by atoms with van der Waals surface area (Å²) >= 11 is 0. The molecule has 1 N–H and O–H groups in total. The molecule has 7 nitrogen and oxygen atoms in total. The van der Waals surface area contributed by atoms with Gasteiger partial charge in [-0.3, -0.25) is 9.59 Å². The van der Waals surface area contributed by atoms with Crippen LogP contribution in [0, 0.1) is 0 Å². The van der Waals surface area contributed by atoms with E-state index in [0.717, 1.165) is 0 Å². The SMILES string of the molecule is COc1c(N(C)CCNC(=O)OC(C)(C)C)c(=O)c1=O. The van der Waals surface area contributed by atoms with Crippen LogP contribution in [0.3, 0.4) is 0 Å². The van der Waals surface area contributed by atoms with E-state index < -0.39 is 22.6 Å². The first kappa shape index (κ1) is 16.0. The number of hydrogen-bond donors (Lipinski definition) is 1. The number of hydrogen-bond acceptors (Lipinski definition) is 6. The van der Waals surface area contributed by atoms with Crippen LogP contribution >= 0.6 is 0 Å². The third-order valence-corrected chi connectivity index (χ3v) is 2.54. The summed E-state index contributed by atoms with van der Waals surface area (Å²) in [6.45, 7) is 5.96. The molecule has 0 atom stereocenters. The first-order chi connectivity index (χ1) is 9.17.